The zero-order valence-corrected chi connectivity index (χ0v) is 36.3. The molecule has 4 aromatic heterocycles. The third-order valence-electron chi connectivity index (χ3n) is 10.5. The Morgan fingerprint density at radius 2 is 1.44 bits per heavy atom. The number of imidazole rings is 2. The number of thioether (sulfide) groups is 1. The number of hydrogen-bond acceptors (Lipinski definition) is 12. The molecular formula is C42H48FN11O8S. The molecule has 63 heavy (non-hydrogen) atoms. The number of ether oxygens (including phenoxy) is 2. The van der Waals surface area contributed by atoms with Crippen LogP contribution in [0.3, 0.4) is 0 Å². The molecule has 1 aliphatic heterocycles. The number of morpholine rings is 1. The van der Waals surface area contributed by atoms with Gasteiger partial charge in [-0.3, -0.25) is 34.5 Å². The van der Waals surface area contributed by atoms with Crippen LogP contribution in [0.1, 0.15) is 73.3 Å². The standard InChI is InChI=1S/C42H48FN11O8S/c1-6-53-30(19-24(3)48-53)37(55)46-41-45-29-21-27(40(59)60)23-32(63-5)35(29)52(41)13-9-8-12-51-34-28(44-42(51)47-38(56)36-33(43)25(4)49-54(36)7-2)20-26(39(57)58)22-31(34)62-16-10-11-50-14-17-61-18-15-50/h8-9,19-23H,6-7,10-18H2,1-5H3,(H,57,58)(H,59,60)(H,44,47,56)(H,45,46,55)/b9-8+. The lowest BCUT2D eigenvalue weighted by Crippen LogP contribution is -2.37. The van der Waals surface area contributed by atoms with Gasteiger partial charge >= 0.3 is 11.9 Å². The minimum absolute atomic E-state index is 0.00371. The topological polar surface area (TPSA) is 226 Å². The number of aromatic nitrogens is 8. The smallest absolute Gasteiger partial charge is 0.335 e. The molecule has 2 aromatic carbocycles. The SMILES string of the molecule is CCn1nc(C)cc1C(=O)Nc1nc2cc(C(=O)O)cc(SC)c2n1C/C=C/Cn1c(NC(=O)c2c(F)c(C)nn2CC)nc2cc(C(=O)O)cc(OCCCN3CCOCC3)c21. The minimum atomic E-state index is -1.20. The quantitative estimate of drug-likeness (QED) is 0.0472. The second kappa shape index (κ2) is 19.2. The fourth-order valence-corrected chi connectivity index (χ4v) is 8.13. The molecule has 332 valence electrons. The van der Waals surface area contributed by atoms with E-state index >= 15 is 4.39 Å². The van der Waals surface area contributed by atoms with Crippen molar-refractivity contribution in [3.05, 3.63) is 82.2 Å². The Labute approximate surface area is 364 Å². The van der Waals surface area contributed by atoms with Gasteiger partial charge in [0.2, 0.25) is 11.9 Å². The van der Waals surface area contributed by atoms with Gasteiger partial charge in [-0.25, -0.2) is 23.9 Å². The fourth-order valence-electron chi connectivity index (χ4n) is 7.47. The number of nitrogens with one attached hydrogen (secondary N) is 2. The first kappa shape index (κ1) is 44.5. The van der Waals surface area contributed by atoms with Crippen LogP contribution in [0.25, 0.3) is 22.1 Å². The largest absolute Gasteiger partial charge is 0.491 e. The maximum Gasteiger partial charge on any atom is 0.335 e. The lowest BCUT2D eigenvalue weighted by molar-refractivity contribution is 0.0358. The molecule has 0 atom stereocenters. The van der Waals surface area contributed by atoms with Crippen molar-refractivity contribution in [3.8, 4) is 5.75 Å². The number of anilines is 2. The molecule has 1 fully saturated rings. The number of hydrogen-bond donors (Lipinski definition) is 4. The molecule has 7 rings (SSSR count). The summed E-state index contributed by atoms with van der Waals surface area (Å²) in [4.78, 5) is 64.0. The van der Waals surface area contributed by atoms with Crippen molar-refractivity contribution in [2.45, 2.75) is 65.2 Å². The Bertz CT molecular complexity index is 2750. The molecule has 0 radical (unpaired) electrons. The van der Waals surface area contributed by atoms with Gasteiger partial charge in [0.25, 0.3) is 11.8 Å². The highest BCUT2D eigenvalue weighted by Crippen LogP contribution is 2.33. The van der Waals surface area contributed by atoms with Crippen LogP contribution in [0.2, 0.25) is 0 Å². The van der Waals surface area contributed by atoms with E-state index in [4.69, 9.17) is 9.47 Å². The van der Waals surface area contributed by atoms with Crippen molar-refractivity contribution < 1.29 is 43.3 Å². The van der Waals surface area contributed by atoms with E-state index in [0.717, 1.165) is 19.6 Å². The maximum absolute atomic E-state index is 15.3. The summed E-state index contributed by atoms with van der Waals surface area (Å²) in [6.45, 7) is 11.6. The summed E-state index contributed by atoms with van der Waals surface area (Å²) >= 11 is 1.33. The molecule has 1 saturated heterocycles. The molecule has 0 aliphatic carbocycles. The molecule has 0 bridgehead atoms. The maximum atomic E-state index is 15.3. The molecule has 2 amide bonds. The van der Waals surface area contributed by atoms with Gasteiger partial charge in [0.05, 0.1) is 58.9 Å². The van der Waals surface area contributed by atoms with Crippen LogP contribution >= 0.6 is 11.8 Å². The van der Waals surface area contributed by atoms with Gasteiger partial charge in [0, 0.05) is 50.7 Å². The van der Waals surface area contributed by atoms with E-state index in [0.29, 0.717) is 59.0 Å². The first-order valence-corrected chi connectivity index (χ1v) is 21.6. The molecule has 6 aromatic rings. The summed E-state index contributed by atoms with van der Waals surface area (Å²) in [7, 11) is 0. The predicted octanol–water partition coefficient (Wildman–Crippen LogP) is 5.56. The van der Waals surface area contributed by atoms with Crippen molar-refractivity contribution in [3.63, 3.8) is 0 Å². The van der Waals surface area contributed by atoms with Crippen LogP contribution in [0.5, 0.6) is 5.75 Å². The number of aryl methyl sites for hydroxylation is 4. The molecule has 21 heteroatoms. The summed E-state index contributed by atoms with van der Waals surface area (Å²) in [6.07, 6.45) is 6.03. The van der Waals surface area contributed by atoms with E-state index in [1.54, 1.807) is 51.9 Å². The van der Waals surface area contributed by atoms with Crippen LogP contribution in [-0.4, -0.2) is 123 Å². The van der Waals surface area contributed by atoms with Crippen LogP contribution in [0.4, 0.5) is 16.3 Å². The number of aromatic carboxylic acids is 2. The predicted molar refractivity (Wildman–Crippen MR) is 233 cm³/mol. The monoisotopic (exact) mass is 885 g/mol. The summed E-state index contributed by atoms with van der Waals surface area (Å²) in [5, 5.41) is 34.1. The number of nitrogens with zero attached hydrogens (tertiary/aromatic N) is 9. The second-order valence-corrected chi connectivity index (χ2v) is 15.5. The van der Waals surface area contributed by atoms with Gasteiger partial charge in [-0.05, 0) is 70.7 Å². The Morgan fingerprint density at radius 1 is 0.841 bits per heavy atom. The van der Waals surface area contributed by atoms with Crippen LogP contribution in [0, 0.1) is 19.7 Å². The summed E-state index contributed by atoms with van der Waals surface area (Å²) < 4.78 is 33.3. The average Bonchev–Trinajstić information content (AvgIpc) is 4.01. The van der Waals surface area contributed by atoms with E-state index in [9.17, 15) is 29.4 Å². The number of rotatable bonds is 18. The zero-order valence-electron chi connectivity index (χ0n) is 35.5. The highest BCUT2D eigenvalue weighted by molar-refractivity contribution is 7.98. The highest BCUT2D eigenvalue weighted by Gasteiger charge is 2.26. The third kappa shape index (κ3) is 9.44. The summed E-state index contributed by atoms with van der Waals surface area (Å²) in [6, 6.07) is 7.45. The lowest BCUT2D eigenvalue weighted by atomic mass is 10.2. The van der Waals surface area contributed by atoms with Gasteiger partial charge in [-0.15, -0.1) is 11.8 Å². The van der Waals surface area contributed by atoms with Crippen molar-refractivity contribution in [1.82, 2.24) is 43.6 Å². The number of allylic oxidation sites excluding steroid dienone is 2. The minimum Gasteiger partial charge on any atom is -0.491 e. The fraction of sp³-hybridized carbons (Fsp3) is 0.381. The van der Waals surface area contributed by atoms with Gasteiger partial charge < -0.3 is 28.8 Å². The first-order chi connectivity index (χ1) is 30.3. The van der Waals surface area contributed by atoms with E-state index in [1.165, 1.54) is 41.6 Å². The van der Waals surface area contributed by atoms with Crippen LogP contribution in [0.15, 0.2) is 47.4 Å². The van der Waals surface area contributed by atoms with Gasteiger partial charge in [0.15, 0.2) is 11.5 Å². The van der Waals surface area contributed by atoms with Crippen molar-refractivity contribution in [1.29, 1.82) is 0 Å². The number of halogens is 1. The number of amides is 2. The van der Waals surface area contributed by atoms with Crippen LogP contribution < -0.4 is 15.4 Å². The highest BCUT2D eigenvalue weighted by atomic mass is 32.2. The van der Waals surface area contributed by atoms with Crippen molar-refractivity contribution in [2.75, 3.05) is 56.3 Å². The van der Waals surface area contributed by atoms with Gasteiger partial charge in [-0.1, -0.05) is 12.2 Å². The number of carbonyl (C=O) groups excluding carboxylic acids is 2. The third-order valence-corrected chi connectivity index (χ3v) is 11.3. The average molecular weight is 886 g/mol. The molecule has 4 N–H and O–H groups in total. The Morgan fingerprint density at radius 3 is 2.06 bits per heavy atom. The van der Waals surface area contributed by atoms with Gasteiger partial charge in [0.1, 0.15) is 17.0 Å². The van der Waals surface area contributed by atoms with E-state index in [1.807, 2.05) is 13.2 Å². The number of carbonyl (C=O) groups is 4. The second-order valence-electron chi connectivity index (χ2n) is 14.7. The number of carboxylic acids is 2. The van der Waals surface area contributed by atoms with Crippen molar-refractivity contribution >= 4 is 69.5 Å². The molecule has 0 spiro atoms. The summed E-state index contributed by atoms with van der Waals surface area (Å²) in [5.74, 6) is -3.99. The molecule has 1 aliphatic rings. The Balaban J connectivity index is 1.26. The van der Waals surface area contributed by atoms with E-state index in [-0.39, 0.29) is 71.9 Å². The van der Waals surface area contributed by atoms with E-state index in [2.05, 4.69) is 35.7 Å². The lowest BCUT2D eigenvalue weighted by Gasteiger charge is -2.26. The number of carboxylic acid groups (broad SMARTS) is 2. The summed E-state index contributed by atoms with van der Waals surface area (Å²) in [5.41, 5.74) is 2.25. The zero-order chi connectivity index (χ0) is 44.9. The van der Waals surface area contributed by atoms with Gasteiger partial charge in [-0.2, -0.15) is 10.2 Å². The number of benzene rings is 2. The molecular weight excluding hydrogens is 838 g/mol. The Kier molecular flexibility index (Phi) is 13.6. The van der Waals surface area contributed by atoms with Crippen LogP contribution in [-0.2, 0) is 30.9 Å². The normalized spacial score (nSPS) is 13.4. The number of fused-ring (bicyclic) bond motifs is 2. The molecule has 0 saturated carbocycles. The van der Waals surface area contributed by atoms with Crippen molar-refractivity contribution in [2.24, 2.45) is 0 Å². The molecule has 5 heterocycles. The Hall–Kier alpha value is -6.58. The molecule has 19 nitrogen and oxygen atoms in total. The first-order valence-electron chi connectivity index (χ1n) is 20.4. The molecule has 0 unspecified atom stereocenters. The van der Waals surface area contributed by atoms with E-state index < -0.39 is 29.6 Å².